The lowest BCUT2D eigenvalue weighted by atomic mass is 9.97. The van der Waals surface area contributed by atoms with Crippen LogP contribution in [-0.4, -0.2) is 19.6 Å². The molecule has 0 unspecified atom stereocenters. The number of aryl methyl sites for hydroxylation is 1. The molecule has 1 aliphatic heterocycles. The number of piperidine rings is 1. The Morgan fingerprint density at radius 1 is 1.29 bits per heavy atom. The van der Waals surface area contributed by atoms with Crippen LogP contribution in [0.2, 0.25) is 0 Å². The highest BCUT2D eigenvalue weighted by molar-refractivity contribution is 5.54. The van der Waals surface area contributed by atoms with E-state index in [0.717, 1.165) is 18.9 Å². The van der Waals surface area contributed by atoms with Gasteiger partial charge in [0.1, 0.15) is 0 Å². The Bertz CT molecular complexity index is 365. The lowest BCUT2D eigenvalue weighted by Crippen LogP contribution is -2.33. The highest BCUT2D eigenvalue weighted by Crippen LogP contribution is 2.26. The van der Waals surface area contributed by atoms with Crippen LogP contribution in [0.3, 0.4) is 0 Å². The number of nitrogens with two attached hydrogens (primary N) is 1. The van der Waals surface area contributed by atoms with Gasteiger partial charge in [-0.3, -0.25) is 0 Å². The molecular weight excluding hydrogens is 208 g/mol. The Morgan fingerprint density at radius 2 is 2.00 bits per heavy atom. The van der Waals surface area contributed by atoms with E-state index in [-0.39, 0.29) is 0 Å². The van der Waals surface area contributed by atoms with E-state index in [4.69, 9.17) is 5.73 Å². The van der Waals surface area contributed by atoms with Crippen molar-refractivity contribution in [3.63, 3.8) is 0 Å². The molecule has 0 atom stereocenters. The van der Waals surface area contributed by atoms with Gasteiger partial charge in [-0.1, -0.05) is 19.1 Å². The van der Waals surface area contributed by atoms with Crippen LogP contribution in [0.25, 0.3) is 0 Å². The van der Waals surface area contributed by atoms with Crippen LogP contribution in [-0.2, 0) is 6.42 Å². The van der Waals surface area contributed by atoms with Gasteiger partial charge >= 0.3 is 0 Å². The quantitative estimate of drug-likeness (QED) is 0.868. The zero-order chi connectivity index (χ0) is 12.3. The molecule has 0 aromatic heterocycles. The molecule has 1 heterocycles. The number of hydrogen-bond donors (Lipinski definition) is 1. The molecule has 94 valence electrons. The number of nitrogens with zero attached hydrogens (tertiary/aromatic N) is 1. The summed E-state index contributed by atoms with van der Waals surface area (Å²) < 4.78 is 0. The van der Waals surface area contributed by atoms with Gasteiger partial charge < -0.3 is 10.6 Å². The van der Waals surface area contributed by atoms with Crippen molar-refractivity contribution in [2.45, 2.75) is 33.1 Å². The van der Waals surface area contributed by atoms with Crippen molar-refractivity contribution in [2.24, 2.45) is 11.7 Å². The minimum Gasteiger partial charge on any atom is -0.371 e. The third-order valence-electron chi connectivity index (χ3n) is 3.82. The van der Waals surface area contributed by atoms with Crippen LogP contribution in [0.15, 0.2) is 18.2 Å². The van der Waals surface area contributed by atoms with Crippen LogP contribution >= 0.6 is 0 Å². The number of hydrogen-bond acceptors (Lipinski definition) is 2. The monoisotopic (exact) mass is 232 g/mol. The maximum atomic E-state index is 5.60. The van der Waals surface area contributed by atoms with E-state index >= 15 is 0 Å². The highest BCUT2D eigenvalue weighted by atomic mass is 15.1. The van der Waals surface area contributed by atoms with Gasteiger partial charge in [-0.15, -0.1) is 0 Å². The average molecular weight is 232 g/mol. The summed E-state index contributed by atoms with van der Waals surface area (Å²) in [7, 11) is 0. The maximum absolute atomic E-state index is 5.60. The normalized spacial score (nSPS) is 17.5. The van der Waals surface area contributed by atoms with Crippen molar-refractivity contribution in [1.82, 2.24) is 0 Å². The van der Waals surface area contributed by atoms with Crippen LogP contribution < -0.4 is 10.6 Å². The molecule has 1 aromatic carbocycles. The molecule has 0 bridgehead atoms. The zero-order valence-corrected chi connectivity index (χ0v) is 11.1. The summed E-state index contributed by atoms with van der Waals surface area (Å²) in [4.78, 5) is 2.53. The molecule has 1 saturated heterocycles. The second kappa shape index (κ2) is 5.54. The van der Waals surface area contributed by atoms with Gasteiger partial charge in [-0.05, 0) is 55.8 Å². The third kappa shape index (κ3) is 3.01. The first-order valence-corrected chi connectivity index (χ1v) is 6.75. The van der Waals surface area contributed by atoms with Crippen molar-refractivity contribution >= 4 is 5.69 Å². The van der Waals surface area contributed by atoms with Gasteiger partial charge in [0.15, 0.2) is 0 Å². The summed E-state index contributed by atoms with van der Waals surface area (Å²) >= 11 is 0. The lowest BCUT2D eigenvalue weighted by Gasteiger charge is -2.33. The Kier molecular flexibility index (Phi) is 4.06. The molecule has 0 aliphatic carbocycles. The van der Waals surface area contributed by atoms with Gasteiger partial charge in [-0.2, -0.15) is 0 Å². The first kappa shape index (κ1) is 12.4. The van der Waals surface area contributed by atoms with Crippen LogP contribution in [0.1, 0.15) is 30.9 Å². The Hall–Kier alpha value is -1.02. The van der Waals surface area contributed by atoms with Crippen molar-refractivity contribution in [2.75, 3.05) is 24.5 Å². The van der Waals surface area contributed by atoms with E-state index in [2.05, 4.69) is 36.9 Å². The molecule has 2 rings (SSSR count). The first-order chi connectivity index (χ1) is 8.20. The Morgan fingerprint density at radius 3 is 2.59 bits per heavy atom. The summed E-state index contributed by atoms with van der Waals surface area (Å²) in [6, 6.07) is 6.80. The second-order valence-corrected chi connectivity index (χ2v) is 5.33. The van der Waals surface area contributed by atoms with Gasteiger partial charge in [0.05, 0.1) is 0 Å². The topological polar surface area (TPSA) is 29.3 Å². The molecule has 1 aliphatic rings. The maximum Gasteiger partial charge on any atom is 0.0396 e. The smallest absolute Gasteiger partial charge is 0.0396 e. The fourth-order valence-electron chi connectivity index (χ4n) is 2.64. The summed E-state index contributed by atoms with van der Waals surface area (Å²) in [6.07, 6.45) is 3.63. The number of rotatable bonds is 3. The van der Waals surface area contributed by atoms with Crippen LogP contribution in [0.5, 0.6) is 0 Å². The third-order valence-corrected chi connectivity index (χ3v) is 3.82. The second-order valence-electron chi connectivity index (χ2n) is 5.33. The molecule has 0 saturated carbocycles. The molecule has 2 N–H and O–H groups in total. The molecule has 2 nitrogen and oxygen atoms in total. The van der Waals surface area contributed by atoms with Crippen LogP contribution in [0, 0.1) is 12.8 Å². The number of benzene rings is 1. The molecule has 0 spiro atoms. The lowest BCUT2D eigenvalue weighted by molar-refractivity contribution is 0.438. The Balaban J connectivity index is 2.10. The first-order valence-electron chi connectivity index (χ1n) is 6.75. The average Bonchev–Trinajstić information content (AvgIpc) is 2.31. The van der Waals surface area contributed by atoms with Crippen molar-refractivity contribution < 1.29 is 0 Å². The Labute approximate surface area is 105 Å². The van der Waals surface area contributed by atoms with Gasteiger partial charge in [0.2, 0.25) is 0 Å². The van der Waals surface area contributed by atoms with E-state index < -0.39 is 0 Å². The SMILES string of the molecule is Cc1cc(CCN)ccc1N1CCC(C)CC1. The van der Waals surface area contributed by atoms with Gasteiger partial charge in [0.25, 0.3) is 0 Å². The van der Waals surface area contributed by atoms with Crippen molar-refractivity contribution in [3.05, 3.63) is 29.3 Å². The minimum atomic E-state index is 0.736. The van der Waals surface area contributed by atoms with E-state index in [1.165, 1.54) is 42.7 Å². The zero-order valence-electron chi connectivity index (χ0n) is 11.1. The summed E-state index contributed by atoms with van der Waals surface area (Å²) in [6.45, 7) is 7.72. The minimum absolute atomic E-state index is 0.736. The molecule has 1 aromatic rings. The molecule has 1 fully saturated rings. The summed E-state index contributed by atoms with van der Waals surface area (Å²) in [5.74, 6) is 0.892. The molecular formula is C15H24N2. The van der Waals surface area contributed by atoms with Gasteiger partial charge in [-0.25, -0.2) is 0 Å². The summed E-state index contributed by atoms with van der Waals surface area (Å²) in [5.41, 5.74) is 9.77. The molecule has 0 amide bonds. The summed E-state index contributed by atoms with van der Waals surface area (Å²) in [5, 5.41) is 0. The predicted octanol–water partition coefficient (Wildman–Crippen LogP) is 2.73. The van der Waals surface area contributed by atoms with Crippen molar-refractivity contribution in [3.8, 4) is 0 Å². The van der Waals surface area contributed by atoms with E-state index in [9.17, 15) is 0 Å². The molecule has 0 radical (unpaired) electrons. The van der Waals surface area contributed by atoms with Gasteiger partial charge in [0, 0.05) is 18.8 Å². The largest absolute Gasteiger partial charge is 0.371 e. The molecule has 17 heavy (non-hydrogen) atoms. The van der Waals surface area contributed by atoms with Crippen molar-refractivity contribution in [1.29, 1.82) is 0 Å². The van der Waals surface area contributed by atoms with E-state index in [1.54, 1.807) is 0 Å². The number of anilines is 1. The fourth-order valence-corrected chi connectivity index (χ4v) is 2.64. The predicted molar refractivity (Wildman–Crippen MR) is 74.5 cm³/mol. The van der Waals surface area contributed by atoms with E-state index in [0.29, 0.717) is 0 Å². The highest BCUT2D eigenvalue weighted by Gasteiger charge is 2.17. The van der Waals surface area contributed by atoms with Crippen LogP contribution in [0.4, 0.5) is 5.69 Å². The fraction of sp³-hybridized carbons (Fsp3) is 0.600. The molecule has 2 heteroatoms. The standard InChI is InChI=1S/C15H24N2/c1-12-6-9-17(10-7-12)15-4-3-14(5-8-16)11-13(15)2/h3-4,11-12H,5-10,16H2,1-2H3. The van der Waals surface area contributed by atoms with E-state index in [1.807, 2.05) is 0 Å².